The van der Waals surface area contributed by atoms with Crippen LogP contribution in [0.2, 0.25) is 0 Å². The van der Waals surface area contributed by atoms with E-state index >= 15 is 0 Å². The molecule has 0 fully saturated rings. The van der Waals surface area contributed by atoms with E-state index < -0.39 is 29.3 Å². The number of hydrogen-bond donors (Lipinski definition) is 2. The summed E-state index contributed by atoms with van der Waals surface area (Å²) in [5.41, 5.74) is -3.90. The van der Waals surface area contributed by atoms with Gasteiger partial charge in [-0.3, -0.25) is 4.79 Å². The topological polar surface area (TPSA) is 102 Å². The van der Waals surface area contributed by atoms with Crippen molar-refractivity contribution in [2.24, 2.45) is 0 Å². The zero-order chi connectivity index (χ0) is 15.6. The Kier molecular flexibility index (Phi) is 4.38. The summed E-state index contributed by atoms with van der Waals surface area (Å²) in [6, 6.07) is 1.05. The number of hydrogen-bond acceptors (Lipinski definition) is 5. The Balaban J connectivity index is 2.94. The first-order chi connectivity index (χ1) is 9.11. The van der Waals surface area contributed by atoms with Gasteiger partial charge in [0.1, 0.15) is 6.61 Å². The molecule has 0 bridgehead atoms. The van der Waals surface area contributed by atoms with Gasteiger partial charge < -0.3 is 19.7 Å². The van der Waals surface area contributed by atoms with E-state index in [0.29, 0.717) is 6.92 Å². The number of alkyl halides is 3. The normalized spacial score (nSPS) is 14.7. The van der Waals surface area contributed by atoms with Crippen molar-refractivity contribution in [1.29, 1.82) is 0 Å². The van der Waals surface area contributed by atoms with E-state index in [1.165, 1.54) is 12.4 Å². The first-order valence-corrected chi connectivity index (χ1v) is 5.19. The molecule has 1 aromatic heterocycles. The molecule has 10 heteroatoms. The number of carbonyl (C=O) groups excluding carboxylic acids is 1. The Morgan fingerprint density at radius 1 is 1.50 bits per heavy atom. The standard InChI is InChI=1S/C10H11F3N2O5/c1-9(8(17)18,10(11,12)13)14-7(16)6-3-5(4-19-2)20-15-6/h3H,4H2,1-2H3,(H,14,16)(H,17,18). The van der Waals surface area contributed by atoms with Crippen molar-refractivity contribution in [3.8, 4) is 0 Å². The van der Waals surface area contributed by atoms with Gasteiger partial charge in [-0.15, -0.1) is 0 Å². The van der Waals surface area contributed by atoms with Crippen molar-refractivity contribution in [3.05, 3.63) is 17.5 Å². The van der Waals surface area contributed by atoms with Gasteiger partial charge in [-0.2, -0.15) is 13.2 Å². The lowest BCUT2D eigenvalue weighted by atomic mass is 10.0. The van der Waals surface area contributed by atoms with Crippen molar-refractivity contribution >= 4 is 11.9 Å². The van der Waals surface area contributed by atoms with Crippen LogP contribution < -0.4 is 5.32 Å². The zero-order valence-corrected chi connectivity index (χ0v) is 10.4. The van der Waals surface area contributed by atoms with E-state index in [0.717, 1.165) is 6.07 Å². The molecule has 7 nitrogen and oxygen atoms in total. The molecule has 2 N–H and O–H groups in total. The molecular formula is C10H11F3N2O5. The highest BCUT2D eigenvalue weighted by Gasteiger charge is 2.58. The predicted octanol–water partition coefficient (Wildman–Crippen LogP) is 0.956. The molecule has 1 atom stereocenters. The van der Waals surface area contributed by atoms with E-state index in [2.05, 4.69) is 14.4 Å². The van der Waals surface area contributed by atoms with Crippen LogP contribution in [0.5, 0.6) is 0 Å². The number of rotatable bonds is 5. The van der Waals surface area contributed by atoms with Gasteiger partial charge in [0.05, 0.1) is 0 Å². The Bertz CT molecular complexity index is 513. The fourth-order valence-corrected chi connectivity index (χ4v) is 1.17. The first kappa shape index (κ1) is 16.0. The lowest BCUT2D eigenvalue weighted by Gasteiger charge is -2.27. The number of aliphatic carboxylic acids is 1. The monoisotopic (exact) mass is 296 g/mol. The summed E-state index contributed by atoms with van der Waals surface area (Å²) in [4.78, 5) is 22.3. The third-order valence-corrected chi connectivity index (χ3v) is 2.44. The Labute approximate surface area is 110 Å². The average molecular weight is 296 g/mol. The van der Waals surface area contributed by atoms with Crippen molar-refractivity contribution in [3.63, 3.8) is 0 Å². The molecule has 0 aromatic carbocycles. The molecule has 0 aliphatic heterocycles. The zero-order valence-electron chi connectivity index (χ0n) is 10.4. The van der Waals surface area contributed by atoms with Crippen LogP contribution in [0.4, 0.5) is 13.2 Å². The van der Waals surface area contributed by atoms with E-state index in [9.17, 15) is 22.8 Å². The average Bonchev–Trinajstić information content (AvgIpc) is 2.76. The number of aromatic nitrogens is 1. The molecular weight excluding hydrogens is 285 g/mol. The highest BCUT2D eigenvalue weighted by molar-refractivity contribution is 5.96. The molecule has 0 saturated carbocycles. The first-order valence-electron chi connectivity index (χ1n) is 5.19. The van der Waals surface area contributed by atoms with Crippen LogP contribution in [0.3, 0.4) is 0 Å². The van der Waals surface area contributed by atoms with E-state index in [1.54, 1.807) is 0 Å². The molecule has 1 unspecified atom stereocenters. The number of ether oxygens (including phenoxy) is 1. The minimum absolute atomic E-state index is 0.0320. The molecule has 0 saturated heterocycles. The fourth-order valence-electron chi connectivity index (χ4n) is 1.17. The largest absolute Gasteiger partial charge is 0.479 e. The Hall–Kier alpha value is -2.10. The number of halogens is 3. The van der Waals surface area contributed by atoms with Crippen LogP contribution in [-0.2, 0) is 16.1 Å². The van der Waals surface area contributed by atoms with Crippen molar-refractivity contribution in [1.82, 2.24) is 10.5 Å². The molecule has 1 rings (SSSR count). The Morgan fingerprint density at radius 3 is 2.55 bits per heavy atom. The summed E-state index contributed by atoms with van der Waals surface area (Å²) in [7, 11) is 1.34. The highest BCUT2D eigenvalue weighted by atomic mass is 19.4. The summed E-state index contributed by atoms with van der Waals surface area (Å²) in [6.45, 7) is 0.305. The number of amides is 1. The number of carbonyl (C=O) groups is 2. The molecule has 0 aliphatic rings. The van der Waals surface area contributed by atoms with Gasteiger partial charge in [-0.05, 0) is 6.92 Å². The summed E-state index contributed by atoms with van der Waals surface area (Å²) in [5.74, 6) is -3.45. The fraction of sp³-hybridized carbons (Fsp3) is 0.500. The maximum absolute atomic E-state index is 12.7. The third kappa shape index (κ3) is 3.07. The molecule has 20 heavy (non-hydrogen) atoms. The SMILES string of the molecule is COCc1cc(C(=O)NC(C)(C(=O)O)C(F)(F)F)no1. The van der Waals surface area contributed by atoms with Gasteiger partial charge in [0, 0.05) is 13.2 Å². The van der Waals surface area contributed by atoms with Crippen LogP contribution in [0.15, 0.2) is 10.6 Å². The van der Waals surface area contributed by atoms with Crippen molar-refractivity contribution in [2.75, 3.05) is 7.11 Å². The van der Waals surface area contributed by atoms with E-state index in [-0.39, 0.29) is 12.4 Å². The summed E-state index contributed by atoms with van der Waals surface area (Å²) >= 11 is 0. The number of nitrogens with one attached hydrogen (secondary N) is 1. The molecule has 1 amide bonds. The Morgan fingerprint density at radius 2 is 2.10 bits per heavy atom. The van der Waals surface area contributed by atoms with Crippen LogP contribution in [-0.4, -0.2) is 41.0 Å². The number of carboxylic acid groups (broad SMARTS) is 1. The second-order valence-corrected chi connectivity index (χ2v) is 3.99. The van der Waals surface area contributed by atoms with Crippen LogP contribution in [0.1, 0.15) is 23.2 Å². The van der Waals surface area contributed by atoms with Crippen LogP contribution >= 0.6 is 0 Å². The van der Waals surface area contributed by atoms with Gasteiger partial charge in [0.2, 0.25) is 5.54 Å². The minimum Gasteiger partial charge on any atom is -0.479 e. The van der Waals surface area contributed by atoms with Gasteiger partial charge in [0.25, 0.3) is 5.91 Å². The van der Waals surface area contributed by atoms with Crippen LogP contribution in [0.25, 0.3) is 0 Å². The summed E-state index contributed by atoms with van der Waals surface area (Å²) < 4.78 is 47.4. The van der Waals surface area contributed by atoms with Crippen molar-refractivity contribution in [2.45, 2.75) is 25.2 Å². The van der Waals surface area contributed by atoms with E-state index in [1.807, 2.05) is 0 Å². The second-order valence-electron chi connectivity index (χ2n) is 3.99. The maximum atomic E-state index is 12.7. The quantitative estimate of drug-likeness (QED) is 0.839. The maximum Gasteiger partial charge on any atom is 0.422 e. The van der Waals surface area contributed by atoms with Gasteiger partial charge in [-0.25, -0.2) is 4.79 Å². The summed E-state index contributed by atoms with van der Waals surface area (Å²) in [5, 5.41) is 13.3. The van der Waals surface area contributed by atoms with E-state index in [4.69, 9.17) is 5.11 Å². The van der Waals surface area contributed by atoms with Crippen molar-refractivity contribution < 1.29 is 37.1 Å². The van der Waals surface area contributed by atoms with Gasteiger partial charge in [-0.1, -0.05) is 5.16 Å². The number of nitrogens with zero attached hydrogens (tertiary/aromatic N) is 1. The molecule has 0 aliphatic carbocycles. The molecule has 0 radical (unpaired) electrons. The smallest absolute Gasteiger partial charge is 0.422 e. The molecule has 1 heterocycles. The summed E-state index contributed by atoms with van der Waals surface area (Å²) in [6.07, 6.45) is -5.17. The number of methoxy groups -OCH3 is 1. The number of carboxylic acids is 1. The molecule has 1 aromatic rings. The molecule has 0 spiro atoms. The minimum atomic E-state index is -5.17. The predicted molar refractivity (Wildman–Crippen MR) is 56.8 cm³/mol. The van der Waals surface area contributed by atoms with Crippen LogP contribution in [0, 0.1) is 0 Å². The highest BCUT2D eigenvalue weighted by Crippen LogP contribution is 2.30. The lowest BCUT2D eigenvalue weighted by molar-refractivity contribution is -0.203. The van der Waals surface area contributed by atoms with Gasteiger partial charge >= 0.3 is 12.1 Å². The third-order valence-electron chi connectivity index (χ3n) is 2.44. The second kappa shape index (κ2) is 5.49. The van der Waals surface area contributed by atoms with Gasteiger partial charge in [0.15, 0.2) is 11.5 Å². The lowest BCUT2D eigenvalue weighted by Crippen LogP contribution is -2.61. The molecule has 112 valence electrons.